The normalized spacial score (nSPS) is 10.6. The second-order valence-electron chi connectivity index (χ2n) is 3.33. The van der Waals surface area contributed by atoms with Gasteiger partial charge in [0.1, 0.15) is 5.82 Å². The molecule has 0 aliphatic heterocycles. The van der Waals surface area contributed by atoms with Gasteiger partial charge in [-0.1, -0.05) is 0 Å². The molecule has 8 heteroatoms. The van der Waals surface area contributed by atoms with E-state index in [0.717, 1.165) is 18.3 Å². The molecule has 1 aromatic heterocycles. The van der Waals surface area contributed by atoms with Crippen LogP contribution in [0, 0.1) is 21.7 Å². The molecule has 0 amide bonds. The first-order chi connectivity index (χ1) is 8.54. The number of hydrogen-bond donors (Lipinski definition) is 1. The summed E-state index contributed by atoms with van der Waals surface area (Å²) in [6, 6.07) is 1.54. The van der Waals surface area contributed by atoms with Gasteiger partial charge in [-0.05, 0) is 6.07 Å². The number of nitro groups is 1. The van der Waals surface area contributed by atoms with Crippen molar-refractivity contribution < 1.29 is 18.1 Å². The molecule has 2 N–H and O–H groups in total. The third kappa shape index (κ3) is 1.93. The van der Waals surface area contributed by atoms with Crippen LogP contribution in [0.25, 0.3) is 11.3 Å². The number of oxazole rings is 1. The van der Waals surface area contributed by atoms with Crippen LogP contribution in [0.1, 0.15) is 5.89 Å². The summed E-state index contributed by atoms with van der Waals surface area (Å²) in [5, 5.41) is 10.6. The number of nitro benzene ring substituents is 1. The number of rotatable bonds is 3. The highest BCUT2D eigenvalue weighted by Gasteiger charge is 2.24. The lowest BCUT2D eigenvalue weighted by Crippen LogP contribution is -1.97. The molecule has 18 heavy (non-hydrogen) atoms. The number of nitrogens with two attached hydrogens (primary N) is 1. The molecule has 0 fully saturated rings. The van der Waals surface area contributed by atoms with Gasteiger partial charge < -0.3 is 10.2 Å². The summed E-state index contributed by atoms with van der Waals surface area (Å²) in [4.78, 5) is 13.3. The molecule has 2 aromatic rings. The lowest BCUT2D eigenvalue weighted by Gasteiger charge is -2.01. The van der Waals surface area contributed by atoms with Crippen molar-refractivity contribution in [2.45, 2.75) is 6.54 Å². The Morgan fingerprint density at radius 1 is 1.44 bits per heavy atom. The molecule has 2 rings (SSSR count). The molecule has 1 aromatic carbocycles. The van der Waals surface area contributed by atoms with Gasteiger partial charge in [0.25, 0.3) is 0 Å². The quantitative estimate of drug-likeness (QED) is 0.668. The van der Waals surface area contributed by atoms with E-state index in [1.807, 2.05) is 0 Å². The van der Waals surface area contributed by atoms with E-state index >= 15 is 0 Å². The molecule has 0 atom stereocenters. The van der Waals surface area contributed by atoms with E-state index in [-0.39, 0.29) is 18.2 Å². The predicted molar refractivity (Wildman–Crippen MR) is 56.4 cm³/mol. The predicted octanol–water partition coefficient (Wildman–Crippen LogP) is 1.99. The Bertz CT molecular complexity index is 612. The SMILES string of the molecule is NCc1ncc(-c2c(F)ccc([N+](=O)[O-])c2F)o1. The fraction of sp³-hybridized carbons (Fsp3) is 0.100. The maximum absolute atomic E-state index is 13.8. The van der Waals surface area contributed by atoms with E-state index in [1.165, 1.54) is 0 Å². The summed E-state index contributed by atoms with van der Waals surface area (Å²) in [5.41, 5.74) is 3.78. The topological polar surface area (TPSA) is 95.2 Å². The Balaban J connectivity index is 2.62. The zero-order valence-electron chi connectivity index (χ0n) is 8.89. The van der Waals surface area contributed by atoms with Gasteiger partial charge in [0, 0.05) is 6.07 Å². The van der Waals surface area contributed by atoms with Crippen LogP contribution in [0.5, 0.6) is 0 Å². The van der Waals surface area contributed by atoms with Gasteiger partial charge in [-0.3, -0.25) is 10.1 Å². The molecule has 0 spiro atoms. The third-order valence-electron chi connectivity index (χ3n) is 2.24. The summed E-state index contributed by atoms with van der Waals surface area (Å²) < 4.78 is 32.3. The van der Waals surface area contributed by atoms with Gasteiger partial charge in [-0.15, -0.1) is 0 Å². The molecular formula is C10H7F2N3O3. The second kappa shape index (κ2) is 4.49. The molecular weight excluding hydrogens is 248 g/mol. The van der Waals surface area contributed by atoms with Crippen molar-refractivity contribution in [1.29, 1.82) is 0 Å². The number of aromatic nitrogens is 1. The summed E-state index contributed by atoms with van der Waals surface area (Å²) in [5.74, 6) is -2.44. The van der Waals surface area contributed by atoms with Gasteiger partial charge in [0.05, 0.1) is 23.2 Å². The van der Waals surface area contributed by atoms with Crippen molar-refractivity contribution in [3.8, 4) is 11.3 Å². The summed E-state index contributed by atoms with van der Waals surface area (Å²) in [7, 11) is 0. The number of halogens is 2. The van der Waals surface area contributed by atoms with Crippen LogP contribution in [-0.4, -0.2) is 9.91 Å². The molecule has 0 unspecified atom stereocenters. The number of benzene rings is 1. The average Bonchev–Trinajstić information content (AvgIpc) is 2.77. The second-order valence-corrected chi connectivity index (χ2v) is 3.33. The fourth-order valence-corrected chi connectivity index (χ4v) is 1.43. The van der Waals surface area contributed by atoms with Gasteiger partial charge in [0.2, 0.25) is 11.7 Å². The Morgan fingerprint density at radius 2 is 2.17 bits per heavy atom. The van der Waals surface area contributed by atoms with Crippen LogP contribution in [0.4, 0.5) is 14.5 Å². The van der Waals surface area contributed by atoms with Crippen molar-refractivity contribution >= 4 is 5.69 Å². The summed E-state index contributed by atoms with van der Waals surface area (Å²) in [6.07, 6.45) is 1.06. The zero-order valence-corrected chi connectivity index (χ0v) is 8.89. The molecule has 0 saturated heterocycles. The highest BCUT2D eigenvalue weighted by Crippen LogP contribution is 2.31. The monoisotopic (exact) mass is 255 g/mol. The van der Waals surface area contributed by atoms with Crippen LogP contribution in [0.3, 0.4) is 0 Å². The summed E-state index contributed by atoms with van der Waals surface area (Å²) >= 11 is 0. The molecule has 6 nitrogen and oxygen atoms in total. The molecule has 0 saturated carbocycles. The average molecular weight is 255 g/mol. The molecule has 0 aliphatic carbocycles. The highest BCUT2D eigenvalue weighted by atomic mass is 19.1. The van der Waals surface area contributed by atoms with Crippen molar-refractivity contribution in [3.05, 3.63) is 46.0 Å². The highest BCUT2D eigenvalue weighted by molar-refractivity contribution is 5.62. The van der Waals surface area contributed by atoms with E-state index in [1.54, 1.807) is 0 Å². The van der Waals surface area contributed by atoms with E-state index in [4.69, 9.17) is 10.2 Å². The maximum Gasteiger partial charge on any atom is 0.305 e. The maximum atomic E-state index is 13.8. The lowest BCUT2D eigenvalue weighted by molar-refractivity contribution is -0.387. The minimum absolute atomic E-state index is 0.0435. The van der Waals surface area contributed by atoms with E-state index in [9.17, 15) is 18.9 Å². The smallest absolute Gasteiger partial charge is 0.305 e. The molecule has 0 aliphatic rings. The Kier molecular flexibility index (Phi) is 3.02. The Hall–Kier alpha value is -2.35. The molecule has 0 bridgehead atoms. The van der Waals surface area contributed by atoms with E-state index in [0.29, 0.717) is 0 Å². The van der Waals surface area contributed by atoms with Crippen LogP contribution in [-0.2, 0) is 6.54 Å². The first-order valence-corrected chi connectivity index (χ1v) is 4.82. The number of hydrogen-bond acceptors (Lipinski definition) is 5. The summed E-state index contributed by atoms with van der Waals surface area (Å²) in [6.45, 7) is -0.0435. The Morgan fingerprint density at radius 3 is 2.72 bits per heavy atom. The van der Waals surface area contributed by atoms with Gasteiger partial charge in [0.15, 0.2) is 5.76 Å². The van der Waals surface area contributed by atoms with Crippen LogP contribution >= 0.6 is 0 Å². The van der Waals surface area contributed by atoms with Crippen molar-refractivity contribution in [2.75, 3.05) is 0 Å². The van der Waals surface area contributed by atoms with E-state index in [2.05, 4.69) is 4.98 Å². The van der Waals surface area contributed by atoms with Crippen LogP contribution in [0.15, 0.2) is 22.7 Å². The third-order valence-corrected chi connectivity index (χ3v) is 2.24. The van der Waals surface area contributed by atoms with Crippen LogP contribution < -0.4 is 5.73 Å². The minimum Gasteiger partial charge on any atom is -0.439 e. The molecule has 1 heterocycles. The largest absolute Gasteiger partial charge is 0.439 e. The first-order valence-electron chi connectivity index (χ1n) is 4.82. The van der Waals surface area contributed by atoms with Gasteiger partial charge in [-0.25, -0.2) is 9.37 Å². The van der Waals surface area contributed by atoms with Crippen molar-refractivity contribution in [3.63, 3.8) is 0 Å². The molecule has 0 radical (unpaired) electrons. The fourth-order valence-electron chi connectivity index (χ4n) is 1.43. The first kappa shape index (κ1) is 12.1. The van der Waals surface area contributed by atoms with Gasteiger partial charge >= 0.3 is 5.69 Å². The van der Waals surface area contributed by atoms with Crippen LogP contribution in [0.2, 0.25) is 0 Å². The van der Waals surface area contributed by atoms with Crippen molar-refractivity contribution in [1.82, 2.24) is 4.98 Å². The zero-order chi connectivity index (χ0) is 13.3. The standard InChI is InChI=1S/C10H7F2N3O3/c11-5-1-2-6(15(16)17)10(12)9(5)7-4-14-8(3-13)18-7/h1-2,4H,3,13H2. The van der Waals surface area contributed by atoms with Crippen molar-refractivity contribution in [2.24, 2.45) is 5.73 Å². The lowest BCUT2D eigenvalue weighted by atomic mass is 10.1. The molecule has 94 valence electrons. The Labute approximate surface area is 99.2 Å². The van der Waals surface area contributed by atoms with Gasteiger partial charge in [-0.2, -0.15) is 4.39 Å². The van der Waals surface area contributed by atoms with E-state index < -0.39 is 27.8 Å². The minimum atomic E-state index is -1.31. The number of nitrogens with zero attached hydrogens (tertiary/aromatic N) is 2.